The molecule has 0 radical (unpaired) electrons. The second-order valence-electron chi connectivity index (χ2n) is 11.2. The summed E-state index contributed by atoms with van der Waals surface area (Å²) in [7, 11) is 0. The molecular formula is C32H35NO5. The van der Waals surface area contributed by atoms with Crippen molar-refractivity contribution >= 4 is 17.6 Å². The Hall–Kier alpha value is -3.64. The van der Waals surface area contributed by atoms with Gasteiger partial charge in [-0.3, -0.25) is 4.79 Å². The summed E-state index contributed by atoms with van der Waals surface area (Å²) >= 11 is 0. The summed E-state index contributed by atoms with van der Waals surface area (Å²) in [4.78, 5) is 27.8. The lowest BCUT2D eigenvalue weighted by molar-refractivity contribution is -0.160. The van der Waals surface area contributed by atoms with Crippen molar-refractivity contribution in [3.8, 4) is 16.9 Å². The molecule has 3 aromatic carbocycles. The molecule has 2 aliphatic heterocycles. The highest BCUT2D eigenvalue weighted by molar-refractivity contribution is 5.98. The molecule has 38 heavy (non-hydrogen) atoms. The highest BCUT2D eigenvalue weighted by atomic mass is 16.5. The van der Waals surface area contributed by atoms with E-state index in [1.165, 1.54) is 0 Å². The second-order valence-corrected chi connectivity index (χ2v) is 11.2. The molecule has 3 aromatic rings. The number of carboxylic acid groups (broad SMARTS) is 1. The van der Waals surface area contributed by atoms with E-state index in [-0.39, 0.29) is 5.91 Å². The van der Waals surface area contributed by atoms with Crippen molar-refractivity contribution in [2.75, 3.05) is 11.5 Å². The van der Waals surface area contributed by atoms with Gasteiger partial charge in [-0.05, 0) is 98.5 Å². The zero-order valence-electron chi connectivity index (χ0n) is 22.5. The first-order valence-electron chi connectivity index (χ1n) is 13.3. The molecular weight excluding hydrogens is 478 g/mol. The summed E-state index contributed by atoms with van der Waals surface area (Å²) in [5.41, 5.74) is 6.46. The van der Waals surface area contributed by atoms with Crippen LogP contribution in [0.4, 0.5) is 5.69 Å². The summed E-state index contributed by atoms with van der Waals surface area (Å²) in [5.74, 6) is -0.117. The van der Waals surface area contributed by atoms with Gasteiger partial charge in [-0.25, -0.2) is 4.79 Å². The number of carbonyl (C=O) groups is 2. The van der Waals surface area contributed by atoms with Crippen molar-refractivity contribution in [1.29, 1.82) is 0 Å². The molecule has 0 bridgehead atoms. The zero-order chi connectivity index (χ0) is 27.0. The van der Waals surface area contributed by atoms with Gasteiger partial charge in [-0.15, -0.1) is 0 Å². The quantitative estimate of drug-likeness (QED) is 0.412. The average Bonchev–Trinajstić information content (AvgIpc) is 2.88. The molecule has 6 heteroatoms. The number of hydrogen-bond acceptors (Lipinski definition) is 4. The van der Waals surface area contributed by atoms with E-state index in [0.29, 0.717) is 31.6 Å². The van der Waals surface area contributed by atoms with E-state index in [1.807, 2.05) is 76.2 Å². The number of aryl methyl sites for hydroxylation is 2. The molecule has 1 amide bonds. The van der Waals surface area contributed by atoms with Crippen LogP contribution >= 0.6 is 0 Å². The zero-order valence-corrected chi connectivity index (χ0v) is 22.5. The van der Waals surface area contributed by atoms with E-state index in [2.05, 4.69) is 6.07 Å². The monoisotopic (exact) mass is 513 g/mol. The van der Waals surface area contributed by atoms with Crippen molar-refractivity contribution < 1.29 is 24.2 Å². The molecule has 1 N–H and O–H groups in total. The lowest BCUT2D eigenvalue weighted by Crippen LogP contribution is -2.36. The molecule has 0 aromatic heterocycles. The van der Waals surface area contributed by atoms with Gasteiger partial charge in [0, 0.05) is 17.7 Å². The van der Waals surface area contributed by atoms with E-state index >= 15 is 0 Å². The minimum absolute atomic E-state index is 0.0361. The van der Waals surface area contributed by atoms with Crippen LogP contribution in [0.15, 0.2) is 54.6 Å². The van der Waals surface area contributed by atoms with Crippen LogP contribution in [-0.2, 0) is 33.7 Å². The fraction of sp³-hybridized carbons (Fsp3) is 0.375. The van der Waals surface area contributed by atoms with Crippen molar-refractivity contribution in [2.45, 2.75) is 71.6 Å². The third kappa shape index (κ3) is 5.18. The highest BCUT2D eigenvalue weighted by Crippen LogP contribution is 2.45. The predicted molar refractivity (Wildman–Crippen MR) is 148 cm³/mol. The Kier molecular flexibility index (Phi) is 7.01. The molecule has 198 valence electrons. The van der Waals surface area contributed by atoms with Gasteiger partial charge in [0.05, 0.1) is 18.8 Å². The Morgan fingerprint density at radius 1 is 1.08 bits per heavy atom. The van der Waals surface area contributed by atoms with Gasteiger partial charge >= 0.3 is 5.97 Å². The van der Waals surface area contributed by atoms with Gasteiger partial charge in [-0.2, -0.15) is 0 Å². The summed E-state index contributed by atoms with van der Waals surface area (Å²) in [6, 6.07) is 18.0. The Bertz CT molecular complexity index is 1370. The number of hydrogen-bond donors (Lipinski definition) is 1. The number of carboxylic acids is 1. The maximum atomic E-state index is 13.2. The van der Waals surface area contributed by atoms with Crippen LogP contribution in [-0.4, -0.2) is 29.2 Å². The molecule has 6 nitrogen and oxygen atoms in total. The Balaban J connectivity index is 1.73. The Labute approximate surface area is 224 Å². The average molecular weight is 514 g/mol. The van der Waals surface area contributed by atoms with E-state index in [9.17, 15) is 14.7 Å². The molecule has 1 atom stereocenters. The third-order valence-corrected chi connectivity index (χ3v) is 7.17. The van der Waals surface area contributed by atoms with E-state index in [4.69, 9.17) is 9.47 Å². The lowest BCUT2D eigenvalue weighted by atomic mass is 9.83. The number of fused-ring (bicyclic) bond motifs is 2. The van der Waals surface area contributed by atoms with Crippen molar-refractivity contribution in [1.82, 2.24) is 0 Å². The molecule has 5 rings (SSSR count). The number of rotatable bonds is 6. The number of amides is 1. The van der Waals surface area contributed by atoms with Crippen LogP contribution in [0.25, 0.3) is 11.1 Å². The maximum absolute atomic E-state index is 13.2. The SMILES string of the molecule is Cc1cc2c(c(C(OC(C)(C)C)C(=O)O)c1-c1ccc3c(c1)CCCO3)CCC(=O)N2Cc1ccccc1. The van der Waals surface area contributed by atoms with E-state index in [0.717, 1.165) is 57.7 Å². The van der Waals surface area contributed by atoms with Gasteiger partial charge < -0.3 is 19.5 Å². The van der Waals surface area contributed by atoms with Gasteiger partial charge in [0.15, 0.2) is 6.10 Å². The van der Waals surface area contributed by atoms with E-state index in [1.54, 1.807) is 4.90 Å². The fourth-order valence-electron chi connectivity index (χ4n) is 5.58. The van der Waals surface area contributed by atoms with Crippen LogP contribution in [0.5, 0.6) is 5.75 Å². The molecule has 2 aliphatic rings. The first-order chi connectivity index (χ1) is 18.1. The van der Waals surface area contributed by atoms with Crippen LogP contribution < -0.4 is 9.64 Å². The van der Waals surface area contributed by atoms with Crippen molar-refractivity contribution in [3.63, 3.8) is 0 Å². The van der Waals surface area contributed by atoms with Crippen molar-refractivity contribution in [2.24, 2.45) is 0 Å². The first-order valence-corrected chi connectivity index (χ1v) is 13.3. The first kappa shape index (κ1) is 26.0. The molecule has 0 spiro atoms. The molecule has 0 saturated heterocycles. The van der Waals surface area contributed by atoms with Gasteiger partial charge in [-0.1, -0.05) is 36.4 Å². The fourth-order valence-corrected chi connectivity index (χ4v) is 5.58. The van der Waals surface area contributed by atoms with Crippen LogP contribution in [0.3, 0.4) is 0 Å². The number of ether oxygens (including phenoxy) is 2. The number of carbonyl (C=O) groups excluding carboxylic acids is 1. The molecule has 2 heterocycles. The second kappa shape index (κ2) is 10.3. The number of aliphatic carboxylic acids is 1. The third-order valence-electron chi connectivity index (χ3n) is 7.17. The molecule has 0 fully saturated rings. The van der Waals surface area contributed by atoms with Crippen LogP contribution in [0.1, 0.15) is 67.5 Å². The number of anilines is 1. The topological polar surface area (TPSA) is 76.1 Å². The normalized spacial score (nSPS) is 15.9. The minimum atomic E-state index is -1.18. The van der Waals surface area contributed by atoms with Crippen LogP contribution in [0, 0.1) is 6.92 Å². The van der Waals surface area contributed by atoms with Gasteiger partial charge in [0.1, 0.15) is 5.75 Å². The number of nitrogens with zero attached hydrogens (tertiary/aromatic N) is 1. The van der Waals surface area contributed by atoms with Crippen molar-refractivity contribution in [3.05, 3.63) is 82.4 Å². The standard InChI is InChI=1S/C32H35NO5/c1-20-17-25-24(13-15-27(34)33(25)19-21-9-6-5-7-10-21)29(30(31(35)36)38-32(2,3)4)28(20)23-12-14-26-22(18-23)11-8-16-37-26/h5-7,9-10,12,14,17-18,30H,8,11,13,15-16,19H2,1-4H3,(H,35,36). The summed E-state index contributed by atoms with van der Waals surface area (Å²) in [6.45, 7) is 8.73. The number of benzene rings is 3. The van der Waals surface area contributed by atoms with Gasteiger partial charge in [0.25, 0.3) is 0 Å². The smallest absolute Gasteiger partial charge is 0.337 e. The summed E-state index contributed by atoms with van der Waals surface area (Å²) < 4.78 is 12.1. The lowest BCUT2D eigenvalue weighted by Gasteiger charge is -2.35. The predicted octanol–water partition coefficient (Wildman–Crippen LogP) is 6.41. The molecule has 0 saturated carbocycles. The molecule has 1 unspecified atom stereocenters. The van der Waals surface area contributed by atoms with Gasteiger partial charge in [0.2, 0.25) is 5.91 Å². The largest absolute Gasteiger partial charge is 0.493 e. The molecule has 0 aliphatic carbocycles. The van der Waals surface area contributed by atoms with E-state index < -0.39 is 17.7 Å². The minimum Gasteiger partial charge on any atom is -0.493 e. The Morgan fingerprint density at radius 3 is 2.55 bits per heavy atom. The highest BCUT2D eigenvalue weighted by Gasteiger charge is 2.36. The Morgan fingerprint density at radius 2 is 1.84 bits per heavy atom. The maximum Gasteiger partial charge on any atom is 0.337 e. The summed E-state index contributed by atoms with van der Waals surface area (Å²) in [6.07, 6.45) is 1.47. The van der Waals surface area contributed by atoms with Crippen LogP contribution in [0.2, 0.25) is 0 Å². The summed E-state index contributed by atoms with van der Waals surface area (Å²) in [5, 5.41) is 10.5.